The lowest BCUT2D eigenvalue weighted by Gasteiger charge is -2.35. The van der Waals surface area contributed by atoms with E-state index in [2.05, 4.69) is 47.9 Å². The zero-order chi connectivity index (χ0) is 18.3. The molecular formula is C19H22N4O2S. The summed E-state index contributed by atoms with van der Waals surface area (Å²) >= 11 is 1.72. The monoisotopic (exact) mass is 370 g/mol. The number of ether oxygens (including phenoxy) is 1. The first-order valence-electron chi connectivity index (χ1n) is 8.77. The number of rotatable bonds is 3. The van der Waals surface area contributed by atoms with E-state index in [4.69, 9.17) is 14.2 Å². The minimum absolute atomic E-state index is 0.159. The van der Waals surface area contributed by atoms with Crippen LogP contribution in [0.3, 0.4) is 0 Å². The number of aromatic nitrogens is 3. The van der Waals surface area contributed by atoms with Crippen molar-refractivity contribution in [2.75, 3.05) is 18.0 Å². The van der Waals surface area contributed by atoms with Gasteiger partial charge in [0.1, 0.15) is 0 Å². The molecule has 26 heavy (non-hydrogen) atoms. The molecule has 2 atom stereocenters. The summed E-state index contributed by atoms with van der Waals surface area (Å²) < 4.78 is 11.3. The van der Waals surface area contributed by atoms with Crippen LogP contribution in [0, 0.1) is 13.8 Å². The van der Waals surface area contributed by atoms with E-state index in [-0.39, 0.29) is 12.2 Å². The molecular weight excluding hydrogens is 348 g/mol. The normalized spacial score (nSPS) is 20.5. The Bertz CT molecular complexity index is 910. The van der Waals surface area contributed by atoms with Crippen molar-refractivity contribution >= 4 is 17.3 Å². The van der Waals surface area contributed by atoms with E-state index in [1.807, 2.05) is 19.2 Å². The van der Waals surface area contributed by atoms with Gasteiger partial charge in [0, 0.05) is 30.2 Å². The Morgan fingerprint density at radius 1 is 1.15 bits per heavy atom. The molecule has 0 radical (unpaired) electrons. The maximum atomic E-state index is 5.83. The Labute approximate surface area is 156 Å². The smallest absolute Gasteiger partial charge is 0.226 e. The van der Waals surface area contributed by atoms with Gasteiger partial charge in [-0.3, -0.25) is 0 Å². The van der Waals surface area contributed by atoms with Crippen molar-refractivity contribution in [3.8, 4) is 21.9 Å². The van der Waals surface area contributed by atoms with Crippen LogP contribution in [0.5, 0.6) is 0 Å². The van der Waals surface area contributed by atoms with E-state index in [0.717, 1.165) is 40.9 Å². The summed E-state index contributed by atoms with van der Waals surface area (Å²) in [6.45, 7) is 9.74. The first-order valence-corrected chi connectivity index (χ1v) is 9.59. The van der Waals surface area contributed by atoms with E-state index < -0.39 is 0 Å². The van der Waals surface area contributed by atoms with E-state index in [9.17, 15) is 0 Å². The largest absolute Gasteiger partial charge is 0.372 e. The lowest BCUT2D eigenvalue weighted by molar-refractivity contribution is -0.00571. The van der Waals surface area contributed by atoms with Crippen LogP contribution in [0.1, 0.15) is 24.4 Å². The molecule has 0 bridgehead atoms. The Balaban J connectivity index is 1.79. The standard InChI is InChI=1S/C19H22N4O2S/c1-11-7-16(25-22-11)15-8-20-19(23-9-12(2)24-13(3)10-23)21-18(15)17-6-5-14(4)26-17/h5-8,12-13H,9-10H2,1-4H3/t12-,13-/m0/s1. The van der Waals surface area contributed by atoms with Gasteiger partial charge in [-0.05, 0) is 39.8 Å². The molecule has 1 saturated heterocycles. The molecule has 7 heteroatoms. The molecule has 3 aromatic heterocycles. The average Bonchev–Trinajstić information content (AvgIpc) is 3.22. The number of thiophene rings is 1. The van der Waals surface area contributed by atoms with Crippen molar-refractivity contribution in [1.29, 1.82) is 0 Å². The van der Waals surface area contributed by atoms with Gasteiger partial charge in [0.15, 0.2) is 5.76 Å². The summed E-state index contributed by atoms with van der Waals surface area (Å²) in [6, 6.07) is 6.13. The van der Waals surface area contributed by atoms with Crippen LogP contribution in [0.2, 0.25) is 0 Å². The van der Waals surface area contributed by atoms with E-state index >= 15 is 0 Å². The maximum Gasteiger partial charge on any atom is 0.226 e. The SMILES string of the molecule is Cc1cc(-c2cnc(N3C[C@H](C)O[C@@H](C)C3)nc2-c2ccc(C)s2)on1. The van der Waals surface area contributed by atoms with Gasteiger partial charge in [0.05, 0.1) is 34.0 Å². The zero-order valence-corrected chi connectivity index (χ0v) is 16.2. The van der Waals surface area contributed by atoms with Crippen molar-refractivity contribution in [2.24, 2.45) is 0 Å². The molecule has 0 aromatic carbocycles. The topological polar surface area (TPSA) is 64.3 Å². The molecule has 0 N–H and O–H groups in total. The van der Waals surface area contributed by atoms with Crippen LogP contribution in [0.4, 0.5) is 5.95 Å². The van der Waals surface area contributed by atoms with Gasteiger partial charge in [-0.1, -0.05) is 5.16 Å². The predicted octanol–water partition coefficient (Wildman–Crippen LogP) is 4.09. The number of nitrogens with zero attached hydrogens (tertiary/aromatic N) is 4. The molecule has 3 aromatic rings. The molecule has 1 aliphatic rings. The Hall–Kier alpha value is -2.25. The fourth-order valence-electron chi connectivity index (χ4n) is 3.29. The second-order valence-electron chi connectivity index (χ2n) is 6.84. The van der Waals surface area contributed by atoms with E-state index in [0.29, 0.717) is 5.76 Å². The van der Waals surface area contributed by atoms with Gasteiger partial charge in [-0.2, -0.15) is 0 Å². The summed E-state index contributed by atoms with van der Waals surface area (Å²) in [7, 11) is 0. The molecule has 0 unspecified atom stereocenters. The highest BCUT2D eigenvalue weighted by Gasteiger charge is 2.25. The van der Waals surface area contributed by atoms with Crippen molar-refractivity contribution < 1.29 is 9.26 Å². The van der Waals surface area contributed by atoms with Crippen LogP contribution in [-0.2, 0) is 4.74 Å². The summed E-state index contributed by atoms with van der Waals surface area (Å²) in [4.78, 5) is 14.1. The quantitative estimate of drug-likeness (QED) is 0.692. The molecule has 136 valence electrons. The molecule has 0 saturated carbocycles. The third-order valence-electron chi connectivity index (χ3n) is 4.35. The van der Waals surface area contributed by atoms with E-state index in [1.54, 1.807) is 11.3 Å². The Kier molecular flexibility index (Phi) is 4.50. The van der Waals surface area contributed by atoms with Crippen LogP contribution in [0.25, 0.3) is 21.9 Å². The van der Waals surface area contributed by atoms with Crippen LogP contribution >= 0.6 is 11.3 Å². The average molecular weight is 370 g/mol. The van der Waals surface area contributed by atoms with E-state index in [1.165, 1.54) is 4.88 Å². The second kappa shape index (κ2) is 6.81. The molecule has 1 aliphatic heterocycles. The Morgan fingerprint density at radius 3 is 2.54 bits per heavy atom. The molecule has 4 heterocycles. The van der Waals surface area contributed by atoms with Crippen molar-refractivity contribution in [3.63, 3.8) is 0 Å². The van der Waals surface area contributed by atoms with Crippen LogP contribution in [0.15, 0.2) is 28.9 Å². The number of aryl methyl sites for hydroxylation is 2. The number of anilines is 1. The minimum Gasteiger partial charge on any atom is -0.372 e. The Morgan fingerprint density at radius 2 is 1.92 bits per heavy atom. The number of hydrogen-bond acceptors (Lipinski definition) is 7. The van der Waals surface area contributed by atoms with Gasteiger partial charge in [0.25, 0.3) is 0 Å². The van der Waals surface area contributed by atoms with Gasteiger partial charge in [0.2, 0.25) is 5.95 Å². The first kappa shape index (κ1) is 17.2. The minimum atomic E-state index is 0.159. The lowest BCUT2D eigenvalue weighted by atomic mass is 10.1. The third-order valence-corrected chi connectivity index (χ3v) is 5.35. The summed E-state index contributed by atoms with van der Waals surface area (Å²) in [6.07, 6.45) is 2.16. The maximum absolute atomic E-state index is 5.83. The van der Waals surface area contributed by atoms with Gasteiger partial charge in [-0.15, -0.1) is 11.3 Å². The molecule has 6 nitrogen and oxygen atoms in total. The highest BCUT2D eigenvalue weighted by Crippen LogP contribution is 2.35. The fraction of sp³-hybridized carbons (Fsp3) is 0.421. The lowest BCUT2D eigenvalue weighted by Crippen LogP contribution is -2.46. The van der Waals surface area contributed by atoms with Crippen molar-refractivity contribution in [3.05, 3.63) is 35.0 Å². The molecule has 1 fully saturated rings. The predicted molar refractivity (Wildman–Crippen MR) is 103 cm³/mol. The molecule has 0 aliphatic carbocycles. The van der Waals surface area contributed by atoms with Gasteiger partial charge >= 0.3 is 0 Å². The third kappa shape index (κ3) is 3.37. The molecule has 0 spiro atoms. The summed E-state index contributed by atoms with van der Waals surface area (Å²) in [5.41, 5.74) is 2.59. The molecule has 0 amide bonds. The first-order chi connectivity index (χ1) is 12.5. The fourth-order valence-corrected chi connectivity index (χ4v) is 4.16. The highest BCUT2D eigenvalue weighted by molar-refractivity contribution is 7.15. The van der Waals surface area contributed by atoms with Gasteiger partial charge < -0.3 is 14.2 Å². The number of hydrogen-bond donors (Lipinski definition) is 0. The highest BCUT2D eigenvalue weighted by atomic mass is 32.1. The van der Waals surface area contributed by atoms with Crippen molar-refractivity contribution in [1.82, 2.24) is 15.1 Å². The molecule has 4 rings (SSSR count). The summed E-state index contributed by atoms with van der Waals surface area (Å²) in [5.74, 6) is 1.42. The van der Waals surface area contributed by atoms with Gasteiger partial charge in [-0.25, -0.2) is 9.97 Å². The number of morpholine rings is 1. The second-order valence-corrected chi connectivity index (χ2v) is 8.13. The zero-order valence-electron chi connectivity index (χ0n) is 15.4. The van der Waals surface area contributed by atoms with Crippen LogP contribution in [-0.4, -0.2) is 40.4 Å². The van der Waals surface area contributed by atoms with Crippen LogP contribution < -0.4 is 4.90 Å². The van der Waals surface area contributed by atoms with Crippen molar-refractivity contribution in [2.45, 2.75) is 39.9 Å². The summed E-state index contributed by atoms with van der Waals surface area (Å²) in [5, 5.41) is 4.01.